The van der Waals surface area contributed by atoms with Crippen LogP contribution in [0.2, 0.25) is 0 Å². The molecule has 1 atom stereocenters. The minimum atomic E-state index is -0.594. The molecule has 6 heteroatoms. The topological polar surface area (TPSA) is 78.4 Å². The van der Waals surface area contributed by atoms with Crippen molar-refractivity contribution in [2.24, 2.45) is 5.92 Å². The molecule has 1 aromatic heterocycles. The van der Waals surface area contributed by atoms with Crippen molar-refractivity contribution < 1.29 is 14.7 Å². The normalized spacial score (nSPS) is 11.5. The number of nitrogens with one attached hydrogen (secondary N) is 2. The molecule has 2 amide bonds. The van der Waals surface area contributed by atoms with Crippen molar-refractivity contribution in [3.05, 3.63) is 21.9 Å². The van der Waals surface area contributed by atoms with Crippen LogP contribution in [0.25, 0.3) is 0 Å². The quantitative estimate of drug-likeness (QED) is 0.710. The van der Waals surface area contributed by atoms with Gasteiger partial charge in [-0.15, -0.1) is 11.3 Å². The standard InChI is InChI=1S/C15H20N2O3S/c1-10(2)8-16-14(19)11(3)17-15(20)12-7-13(21-9-12)5-4-6-18/h7,9-11,18H,6,8H2,1-3H3,(H,16,19)(H,17,20). The fourth-order valence-electron chi connectivity index (χ4n) is 1.45. The van der Waals surface area contributed by atoms with Crippen molar-refractivity contribution in [3.63, 3.8) is 0 Å². The van der Waals surface area contributed by atoms with Gasteiger partial charge in [-0.05, 0) is 18.9 Å². The van der Waals surface area contributed by atoms with Crippen molar-refractivity contribution in [3.8, 4) is 11.8 Å². The molecule has 3 N–H and O–H groups in total. The Bertz CT molecular complexity index is 555. The second-order valence-corrected chi connectivity index (χ2v) is 5.90. The highest BCUT2D eigenvalue weighted by Gasteiger charge is 2.17. The molecule has 0 aliphatic heterocycles. The third-order valence-corrected chi connectivity index (χ3v) is 3.42. The Kier molecular flexibility index (Phi) is 6.92. The second-order valence-electron chi connectivity index (χ2n) is 4.99. The maximum atomic E-state index is 12.0. The van der Waals surface area contributed by atoms with E-state index in [1.807, 2.05) is 13.8 Å². The van der Waals surface area contributed by atoms with E-state index in [0.29, 0.717) is 22.9 Å². The maximum absolute atomic E-state index is 12.0. The molecular formula is C15H20N2O3S. The van der Waals surface area contributed by atoms with Crippen LogP contribution in [-0.2, 0) is 4.79 Å². The molecule has 21 heavy (non-hydrogen) atoms. The predicted octanol–water partition coefficient (Wildman–Crippen LogP) is 0.982. The number of thiophene rings is 1. The monoisotopic (exact) mass is 308 g/mol. The van der Waals surface area contributed by atoms with Crippen LogP contribution in [-0.4, -0.2) is 36.1 Å². The van der Waals surface area contributed by atoms with Crippen LogP contribution < -0.4 is 10.6 Å². The van der Waals surface area contributed by atoms with Gasteiger partial charge in [0.1, 0.15) is 12.6 Å². The summed E-state index contributed by atoms with van der Waals surface area (Å²) in [4.78, 5) is 24.5. The number of carbonyl (C=O) groups excluding carboxylic acids is 2. The molecule has 114 valence electrons. The first-order valence-electron chi connectivity index (χ1n) is 6.71. The number of hydrogen-bond donors (Lipinski definition) is 3. The van der Waals surface area contributed by atoms with E-state index in [0.717, 1.165) is 0 Å². The van der Waals surface area contributed by atoms with Gasteiger partial charge < -0.3 is 15.7 Å². The van der Waals surface area contributed by atoms with Crippen LogP contribution in [0, 0.1) is 17.8 Å². The molecule has 0 aromatic carbocycles. The van der Waals surface area contributed by atoms with Crippen LogP contribution in [0.15, 0.2) is 11.4 Å². The molecule has 1 aromatic rings. The summed E-state index contributed by atoms with van der Waals surface area (Å²) >= 11 is 1.32. The Morgan fingerprint density at radius 1 is 1.38 bits per heavy atom. The average Bonchev–Trinajstić information content (AvgIpc) is 2.91. The summed E-state index contributed by atoms with van der Waals surface area (Å²) in [5.74, 6) is 5.11. The van der Waals surface area contributed by atoms with Crippen LogP contribution in [0.4, 0.5) is 0 Å². The molecule has 0 saturated carbocycles. The molecular weight excluding hydrogens is 288 g/mol. The summed E-state index contributed by atoms with van der Waals surface area (Å²) in [5, 5.41) is 15.7. The number of aliphatic hydroxyl groups is 1. The number of hydrogen-bond acceptors (Lipinski definition) is 4. The number of carbonyl (C=O) groups is 2. The lowest BCUT2D eigenvalue weighted by atomic mass is 10.2. The van der Waals surface area contributed by atoms with Gasteiger partial charge in [0.05, 0.1) is 10.4 Å². The molecule has 0 bridgehead atoms. The third kappa shape index (κ3) is 5.98. The molecule has 0 saturated heterocycles. The summed E-state index contributed by atoms with van der Waals surface area (Å²) < 4.78 is 0. The maximum Gasteiger partial charge on any atom is 0.252 e. The van der Waals surface area contributed by atoms with Crippen LogP contribution in [0.5, 0.6) is 0 Å². The third-order valence-electron chi connectivity index (χ3n) is 2.58. The molecule has 0 fully saturated rings. The first kappa shape index (κ1) is 17.2. The summed E-state index contributed by atoms with van der Waals surface area (Å²) in [6.07, 6.45) is 0. The van der Waals surface area contributed by atoms with Crippen molar-refractivity contribution in [1.29, 1.82) is 0 Å². The van der Waals surface area contributed by atoms with Crippen LogP contribution >= 0.6 is 11.3 Å². The lowest BCUT2D eigenvalue weighted by Gasteiger charge is -2.14. The van der Waals surface area contributed by atoms with Crippen molar-refractivity contribution >= 4 is 23.2 Å². The fraction of sp³-hybridized carbons (Fsp3) is 0.467. The zero-order valence-electron chi connectivity index (χ0n) is 12.4. The molecule has 0 aliphatic rings. The molecule has 1 heterocycles. The SMILES string of the molecule is CC(C)CNC(=O)C(C)NC(=O)c1csc(C#CCO)c1. The van der Waals surface area contributed by atoms with E-state index in [4.69, 9.17) is 5.11 Å². The Labute approximate surface area is 128 Å². The van der Waals surface area contributed by atoms with Gasteiger partial charge in [0, 0.05) is 11.9 Å². The van der Waals surface area contributed by atoms with Crippen LogP contribution in [0.1, 0.15) is 36.0 Å². The predicted molar refractivity (Wildman–Crippen MR) is 83.1 cm³/mol. The lowest BCUT2D eigenvalue weighted by molar-refractivity contribution is -0.122. The Morgan fingerprint density at radius 3 is 2.71 bits per heavy atom. The van der Waals surface area contributed by atoms with Gasteiger partial charge in [-0.2, -0.15) is 0 Å². The summed E-state index contributed by atoms with van der Waals surface area (Å²) in [6.45, 7) is 6.02. The molecule has 1 unspecified atom stereocenters. The lowest BCUT2D eigenvalue weighted by Crippen LogP contribution is -2.45. The molecule has 5 nitrogen and oxygen atoms in total. The first-order chi connectivity index (χ1) is 9.93. The molecule has 0 spiro atoms. The number of rotatable bonds is 5. The van der Waals surface area contributed by atoms with Crippen molar-refractivity contribution in [1.82, 2.24) is 10.6 Å². The highest BCUT2D eigenvalue weighted by Crippen LogP contribution is 2.13. The molecule has 1 rings (SSSR count). The van der Waals surface area contributed by atoms with Crippen molar-refractivity contribution in [2.75, 3.05) is 13.2 Å². The largest absolute Gasteiger partial charge is 0.384 e. The summed E-state index contributed by atoms with van der Waals surface area (Å²) in [6, 6.07) is 1.05. The van der Waals surface area contributed by atoms with Gasteiger partial charge in [-0.1, -0.05) is 25.7 Å². The Hall–Kier alpha value is -1.84. The zero-order valence-corrected chi connectivity index (χ0v) is 13.2. The number of aliphatic hydroxyl groups excluding tert-OH is 1. The Morgan fingerprint density at radius 2 is 2.10 bits per heavy atom. The zero-order chi connectivity index (χ0) is 15.8. The summed E-state index contributed by atoms with van der Waals surface area (Å²) in [5.41, 5.74) is 0.464. The molecule has 0 radical (unpaired) electrons. The highest BCUT2D eigenvalue weighted by molar-refractivity contribution is 7.10. The second kappa shape index (κ2) is 8.45. The van der Waals surface area contributed by atoms with Gasteiger partial charge in [-0.25, -0.2) is 0 Å². The first-order valence-corrected chi connectivity index (χ1v) is 7.58. The van der Waals surface area contributed by atoms with E-state index in [-0.39, 0.29) is 18.4 Å². The van der Waals surface area contributed by atoms with E-state index in [1.165, 1.54) is 11.3 Å². The minimum absolute atomic E-state index is 0.201. The fourth-order valence-corrected chi connectivity index (χ4v) is 2.21. The van der Waals surface area contributed by atoms with Gasteiger partial charge >= 0.3 is 0 Å². The van der Waals surface area contributed by atoms with Gasteiger partial charge in [0.15, 0.2) is 0 Å². The van der Waals surface area contributed by atoms with Crippen LogP contribution in [0.3, 0.4) is 0 Å². The van der Waals surface area contributed by atoms with E-state index in [2.05, 4.69) is 22.5 Å². The average molecular weight is 308 g/mol. The van der Waals surface area contributed by atoms with E-state index >= 15 is 0 Å². The van der Waals surface area contributed by atoms with E-state index in [9.17, 15) is 9.59 Å². The molecule has 0 aliphatic carbocycles. The highest BCUT2D eigenvalue weighted by atomic mass is 32.1. The van der Waals surface area contributed by atoms with E-state index < -0.39 is 6.04 Å². The van der Waals surface area contributed by atoms with E-state index in [1.54, 1.807) is 18.4 Å². The van der Waals surface area contributed by atoms with Gasteiger partial charge in [0.2, 0.25) is 5.91 Å². The summed E-state index contributed by atoms with van der Waals surface area (Å²) in [7, 11) is 0. The van der Waals surface area contributed by atoms with Gasteiger partial charge in [0.25, 0.3) is 5.91 Å². The minimum Gasteiger partial charge on any atom is -0.384 e. The smallest absolute Gasteiger partial charge is 0.252 e. The Balaban J connectivity index is 2.56. The van der Waals surface area contributed by atoms with Crippen molar-refractivity contribution in [2.45, 2.75) is 26.8 Å². The van der Waals surface area contributed by atoms with Gasteiger partial charge in [-0.3, -0.25) is 9.59 Å². The number of amides is 2.